The molecule has 0 aliphatic rings. The zero-order valence-electron chi connectivity index (χ0n) is 9.17. The van der Waals surface area contributed by atoms with Gasteiger partial charge in [0.2, 0.25) is 0 Å². The van der Waals surface area contributed by atoms with E-state index in [2.05, 4.69) is 48.6 Å². The van der Waals surface area contributed by atoms with E-state index < -0.39 is 0 Å². The van der Waals surface area contributed by atoms with E-state index in [4.69, 9.17) is 4.74 Å². The summed E-state index contributed by atoms with van der Waals surface area (Å²) in [5.74, 6) is 0.842. The third-order valence-corrected chi connectivity index (χ3v) is 4.35. The van der Waals surface area contributed by atoms with Crippen LogP contribution >= 0.6 is 43.2 Å². The molecule has 1 aromatic carbocycles. The Morgan fingerprint density at radius 3 is 2.65 bits per heavy atom. The van der Waals surface area contributed by atoms with E-state index in [1.165, 1.54) is 4.88 Å². The van der Waals surface area contributed by atoms with Crippen molar-refractivity contribution in [1.29, 1.82) is 0 Å². The summed E-state index contributed by atoms with van der Waals surface area (Å²) in [6.07, 6.45) is 0. The second-order valence-electron chi connectivity index (χ2n) is 3.46. The molecule has 0 aliphatic carbocycles. The van der Waals surface area contributed by atoms with Crippen LogP contribution in [0.2, 0.25) is 0 Å². The van der Waals surface area contributed by atoms with E-state index in [1.54, 1.807) is 18.4 Å². The van der Waals surface area contributed by atoms with Gasteiger partial charge in [-0.25, -0.2) is 0 Å². The summed E-state index contributed by atoms with van der Waals surface area (Å²) in [4.78, 5) is 1.29. The molecule has 0 saturated carbocycles. The molecule has 0 amide bonds. The van der Waals surface area contributed by atoms with Crippen LogP contribution in [0, 0.1) is 0 Å². The van der Waals surface area contributed by atoms with Crippen LogP contribution in [-0.2, 0) is 6.54 Å². The van der Waals surface area contributed by atoms with Crippen molar-refractivity contribution in [3.05, 3.63) is 43.5 Å². The van der Waals surface area contributed by atoms with Crippen molar-refractivity contribution in [2.45, 2.75) is 6.54 Å². The summed E-state index contributed by atoms with van der Waals surface area (Å²) in [7, 11) is 1.67. The minimum absolute atomic E-state index is 0.815. The average Bonchev–Trinajstić information content (AvgIpc) is 2.72. The topological polar surface area (TPSA) is 21.3 Å². The van der Waals surface area contributed by atoms with E-state index in [0.717, 1.165) is 26.9 Å². The van der Waals surface area contributed by atoms with Crippen LogP contribution in [0.4, 0.5) is 5.69 Å². The van der Waals surface area contributed by atoms with Crippen molar-refractivity contribution in [1.82, 2.24) is 0 Å². The molecule has 17 heavy (non-hydrogen) atoms. The van der Waals surface area contributed by atoms with Gasteiger partial charge < -0.3 is 10.1 Å². The van der Waals surface area contributed by atoms with Crippen molar-refractivity contribution in [2.24, 2.45) is 0 Å². The molecule has 90 valence electrons. The molecular formula is C12H11Br2NOS. The molecular weight excluding hydrogens is 366 g/mol. The Hall–Kier alpha value is -0.520. The van der Waals surface area contributed by atoms with Gasteiger partial charge in [-0.1, -0.05) is 15.9 Å². The lowest BCUT2D eigenvalue weighted by Gasteiger charge is -2.08. The molecule has 0 fully saturated rings. The third kappa shape index (κ3) is 3.72. The summed E-state index contributed by atoms with van der Waals surface area (Å²) in [6, 6.07) is 8.07. The normalized spacial score (nSPS) is 10.3. The molecule has 2 aromatic rings. The van der Waals surface area contributed by atoms with Gasteiger partial charge in [0.25, 0.3) is 0 Å². The van der Waals surface area contributed by atoms with Crippen molar-refractivity contribution < 1.29 is 4.74 Å². The summed E-state index contributed by atoms with van der Waals surface area (Å²) in [5.41, 5.74) is 1.04. The lowest BCUT2D eigenvalue weighted by Crippen LogP contribution is -1.97. The minimum atomic E-state index is 0.815. The number of halogens is 2. The highest BCUT2D eigenvalue weighted by Gasteiger charge is 2.01. The molecule has 0 saturated heterocycles. The standard InChI is InChI=1S/C12H11Br2NOS/c1-16-11-3-8(13)2-10(5-11)15-6-12-4-9(14)7-17-12/h2-5,7,15H,6H2,1H3. The maximum Gasteiger partial charge on any atom is 0.122 e. The third-order valence-electron chi connectivity index (χ3n) is 2.20. The quantitative estimate of drug-likeness (QED) is 0.819. The predicted octanol–water partition coefficient (Wildman–Crippen LogP) is 4.89. The zero-order chi connectivity index (χ0) is 12.3. The fourth-order valence-corrected chi connectivity index (χ4v) is 3.28. The Morgan fingerprint density at radius 2 is 2.00 bits per heavy atom. The molecule has 0 unspecified atom stereocenters. The smallest absolute Gasteiger partial charge is 0.122 e. The molecule has 0 aliphatic heterocycles. The van der Waals surface area contributed by atoms with E-state index in [9.17, 15) is 0 Å². The average molecular weight is 377 g/mol. The number of thiophene rings is 1. The first-order chi connectivity index (χ1) is 8.17. The molecule has 5 heteroatoms. The van der Waals surface area contributed by atoms with Crippen molar-refractivity contribution >= 4 is 48.9 Å². The Balaban J connectivity index is 2.05. The summed E-state index contributed by atoms with van der Waals surface area (Å²) >= 11 is 8.64. The molecule has 1 heterocycles. The predicted molar refractivity (Wildman–Crippen MR) is 80.0 cm³/mol. The molecule has 2 nitrogen and oxygen atoms in total. The second kappa shape index (κ2) is 5.89. The van der Waals surface area contributed by atoms with Crippen LogP contribution in [0.25, 0.3) is 0 Å². The van der Waals surface area contributed by atoms with Gasteiger partial charge in [-0.2, -0.15) is 0 Å². The van der Waals surface area contributed by atoms with Crippen molar-refractivity contribution in [3.63, 3.8) is 0 Å². The van der Waals surface area contributed by atoms with Gasteiger partial charge in [0.1, 0.15) is 5.75 Å². The minimum Gasteiger partial charge on any atom is -0.497 e. The largest absolute Gasteiger partial charge is 0.497 e. The van der Waals surface area contributed by atoms with Gasteiger partial charge in [-0.05, 0) is 34.1 Å². The van der Waals surface area contributed by atoms with Crippen molar-refractivity contribution in [2.75, 3.05) is 12.4 Å². The fourth-order valence-electron chi connectivity index (χ4n) is 1.42. The lowest BCUT2D eigenvalue weighted by atomic mass is 10.3. The number of nitrogens with one attached hydrogen (secondary N) is 1. The van der Waals surface area contributed by atoms with Gasteiger partial charge in [-0.3, -0.25) is 0 Å². The van der Waals surface area contributed by atoms with Crippen LogP contribution in [0.1, 0.15) is 4.88 Å². The number of rotatable bonds is 4. The van der Waals surface area contributed by atoms with Crippen molar-refractivity contribution in [3.8, 4) is 5.75 Å². The van der Waals surface area contributed by atoms with E-state index in [1.807, 2.05) is 18.2 Å². The molecule has 0 bridgehead atoms. The van der Waals surface area contributed by atoms with Crippen LogP contribution in [0.15, 0.2) is 38.6 Å². The molecule has 0 radical (unpaired) electrons. The number of hydrogen-bond donors (Lipinski definition) is 1. The SMILES string of the molecule is COc1cc(Br)cc(NCc2cc(Br)cs2)c1. The van der Waals surface area contributed by atoms with E-state index >= 15 is 0 Å². The Bertz CT molecular complexity index is 513. The first-order valence-corrected chi connectivity index (χ1v) is 7.45. The van der Waals surface area contributed by atoms with E-state index in [0.29, 0.717) is 0 Å². The van der Waals surface area contributed by atoms with Gasteiger partial charge >= 0.3 is 0 Å². The highest BCUT2D eigenvalue weighted by Crippen LogP contribution is 2.26. The monoisotopic (exact) mass is 375 g/mol. The number of ether oxygens (including phenoxy) is 1. The molecule has 2 rings (SSSR count). The number of hydrogen-bond acceptors (Lipinski definition) is 3. The Morgan fingerprint density at radius 1 is 1.18 bits per heavy atom. The maximum absolute atomic E-state index is 5.22. The summed E-state index contributed by atoms with van der Waals surface area (Å²) in [6.45, 7) is 0.815. The molecule has 0 atom stereocenters. The zero-order valence-corrected chi connectivity index (χ0v) is 13.2. The summed E-state index contributed by atoms with van der Waals surface area (Å²) < 4.78 is 7.35. The van der Waals surface area contributed by atoms with Gasteiger partial charge in [-0.15, -0.1) is 11.3 Å². The number of anilines is 1. The summed E-state index contributed by atoms with van der Waals surface area (Å²) in [5, 5.41) is 5.45. The highest BCUT2D eigenvalue weighted by atomic mass is 79.9. The van der Waals surface area contributed by atoms with E-state index in [-0.39, 0.29) is 0 Å². The highest BCUT2D eigenvalue weighted by molar-refractivity contribution is 9.10. The second-order valence-corrected chi connectivity index (χ2v) is 6.29. The number of methoxy groups -OCH3 is 1. The van der Waals surface area contributed by atoms with Crippen LogP contribution < -0.4 is 10.1 Å². The van der Waals surface area contributed by atoms with Gasteiger partial charge in [0.15, 0.2) is 0 Å². The molecule has 1 aromatic heterocycles. The first kappa shape index (κ1) is 12.9. The van der Waals surface area contributed by atoms with Crippen LogP contribution in [-0.4, -0.2) is 7.11 Å². The number of benzene rings is 1. The molecule has 0 spiro atoms. The molecule has 1 N–H and O–H groups in total. The van der Waals surface area contributed by atoms with Gasteiger partial charge in [0.05, 0.1) is 7.11 Å². The van der Waals surface area contributed by atoms with Crippen LogP contribution in [0.5, 0.6) is 5.75 Å². The van der Waals surface area contributed by atoms with Gasteiger partial charge in [0, 0.05) is 37.5 Å². The first-order valence-electron chi connectivity index (χ1n) is 4.99. The fraction of sp³-hybridized carbons (Fsp3) is 0.167. The van der Waals surface area contributed by atoms with Crippen LogP contribution in [0.3, 0.4) is 0 Å². The lowest BCUT2D eigenvalue weighted by molar-refractivity contribution is 0.414. The maximum atomic E-state index is 5.22. The Kier molecular flexibility index (Phi) is 4.48. The Labute approximate surface area is 121 Å².